The Kier molecular flexibility index (Phi) is 3.74. The molecule has 0 rings (SSSR count). The molecule has 0 spiro atoms. The summed E-state index contributed by atoms with van der Waals surface area (Å²) in [6.45, 7) is 7.03. The first-order valence-corrected chi connectivity index (χ1v) is 3.91. The van der Waals surface area contributed by atoms with Crippen LogP contribution in [0.4, 0.5) is 0 Å². The Hall–Kier alpha value is -0.540. The van der Waals surface area contributed by atoms with Crippen LogP contribution in [-0.2, 0) is 9.08 Å². The van der Waals surface area contributed by atoms with Crippen LogP contribution < -0.4 is 5.73 Å². The number of hydrogen-bond acceptors (Lipinski definition) is 3. The predicted molar refractivity (Wildman–Crippen MR) is 48.6 cm³/mol. The van der Waals surface area contributed by atoms with Crippen LogP contribution in [0.15, 0.2) is 11.1 Å². The highest BCUT2D eigenvalue weighted by Gasteiger charge is 2.26. The van der Waals surface area contributed by atoms with E-state index in [2.05, 4.69) is 4.29 Å². The van der Waals surface area contributed by atoms with Crippen molar-refractivity contribution in [1.29, 1.82) is 0 Å². The van der Waals surface area contributed by atoms with E-state index in [0.717, 1.165) is 5.57 Å². The van der Waals surface area contributed by atoms with Crippen molar-refractivity contribution in [1.82, 2.24) is 0 Å². The minimum Gasteiger partial charge on any atom is -0.343 e. The van der Waals surface area contributed by atoms with Crippen LogP contribution in [-0.4, -0.2) is 11.5 Å². The summed E-state index contributed by atoms with van der Waals surface area (Å²) in [6, 6.07) is 0. The first kappa shape index (κ1) is 11.5. The van der Waals surface area contributed by atoms with E-state index in [1.165, 1.54) is 0 Å². The minimum absolute atomic E-state index is 0.414. The second-order valence-corrected chi connectivity index (χ2v) is 3.62. The summed E-state index contributed by atoms with van der Waals surface area (Å²) >= 11 is 4.96. The molecule has 70 valence electrons. The zero-order chi connectivity index (χ0) is 9.94. The summed E-state index contributed by atoms with van der Waals surface area (Å²) in [6.07, 6.45) is 0. The van der Waals surface area contributed by atoms with Crippen LogP contribution in [0.3, 0.4) is 0 Å². The van der Waals surface area contributed by atoms with E-state index in [-0.39, 0.29) is 0 Å². The smallest absolute Gasteiger partial charge is 0.343 e. The number of nitrogens with two attached hydrogens (primary N) is 1. The van der Waals surface area contributed by atoms with Crippen LogP contribution in [0, 0.1) is 0 Å². The van der Waals surface area contributed by atoms with Gasteiger partial charge in [0.1, 0.15) is 11.9 Å². The van der Waals surface area contributed by atoms with E-state index < -0.39 is 11.5 Å². The van der Waals surface area contributed by atoms with Gasteiger partial charge in [0, 0.05) is 5.54 Å². The second kappa shape index (κ2) is 3.92. The van der Waals surface area contributed by atoms with Crippen molar-refractivity contribution in [3.8, 4) is 0 Å². The third kappa shape index (κ3) is 2.83. The van der Waals surface area contributed by atoms with Crippen LogP contribution in [0.2, 0.25) is 0 Å². The maximum absolute atomic E-state index is 11.1. The van der Waals surface area contributed by atoms with Crippen molar-refractivity contribution >= 4 is 17.8 Å². The molecule has 0 aliphatic carbocycles. The van der Waals surface area contributed by atoms with Gasteiger partial charge in [-0.2, -0.15) is 0 Å². The standard InChI is InChI=1S/C8H14ClNO2/c1-5(2)6(7(11)12-9)8(3,4)10/h10H2,1-4H3. The van der Waals surface area contributed by atoms with Crippen molar-refractivity contribution in [3.05, 3.63) is 11.1 Å². The fourth-order valence-electron chi connectivity index (χ4n) is 1.15. The van der Waals surface area contributed by atoms with Gasteiger partial charge in [0.25, 0.3) is 0 Å². The number of carbonyl (C=O) groups is 1. The van der Waals surface area contributed by atoms with E-state index >= 15 is 0 Å². The Labute approximate surface area is 77.7 Å². The Morgan fingerprint density at radius 3 is 1.92 bits per heavy atom. The molecular weight excluding hydrogens is 178 g/mol. The summed E-state index contributed by atoms with van der Waals surface area (Å²) in [7, 11) is 0. The highest BCUT2D eigenvalue weighted by atomic mass is 35.5. The average Bonchev–Trinajstić information content (AvgIpc) is 1.83. The van der Waals surface area contributed by atoms with Crippen LogP contribution >= 0.6 is 11.9 Å². The SMILES string of the molecule is CC(C)=C(C(=O)OCl)C(C)(C)N. The van der Waals surface area contributed by atoms with Gasteiger partial charge in [-0.1, -0.05) is 5.57 Å². The molecule has 0 aromatic rings. The summed E-state index contributed by atoms with van der Waals surface area (Å²) in [5, 5.41) is 0. The van der Waals surface area contributed by atoms with Crippen LogP contribution in [0.1, 0.15) is 27.7 Å². The predicted octanol–water partition coefficient (Wildman–Crippen LogP) is 1.76. The van der Waals surface area contributed by atoms with Crippen LogP contribution in [0.25, 0.3) is 0 Å². The van der Waals surface area contributed by atoms with E-state index in [0.29, 0.717) is 5.57 Å². The normalized spacial score (nSPS) is 10.8. The highest BCUT2D eigenvalue weighted by molar-refractivity contribution is 6.16. The Morgan fingerprint density at radius 2 is 1.83 bits per heavy atom. The van der Waals surface area contributed by atoms with Gasteiger partial charge in [0.2, 0.25) is 0 Å². The Bertz CT molecular complexity index is 212. The molecule has 0 amide bonds. The molecular formula is C8H14ClNO2. The van der Waals surface area contributed by atoms with Gasteiger partial charge in [-0.25, -0.2) is 4.79 Å². The van der Waals surface area contributed by atoms with Crippen molar-refractivity contribution in [3.63, 3.8) is 0 Å². The number of hydrogen-bond donors (Lipinski definition) is 1. The molecule has 0 atom stereocenters. The zero-order valence-electron chi connectivity index (χ0n) is 7.77. The van der Waals surface area contributed by atoms with E-state index in [9.17, 15) is 4.79 Å². The van der Waals surface area contributed by atoms with Crippen molar-refractivity contribution in [2.24, 2.45) is 5.73 Å². The van der Waals surface area contributed by atoms with Gasteiger partial charge < -0.3 is 10.0 Å². The average molecular weight is 192 g/mol. The molecule has 0 aliphatic rings. The molecule has 0 bridgehead atoms. The monoisotopic (exact) mass is 191 g/mol. The fraction of sp³-hybridized carbons (Fsp3) is 0.625. The van der Waals surface area contributed by atoms with Crippen molar-refractivity contribution < 1.29 is 9.08 Å². The molecule has 12 heavy (non-hydrogen) atoms. The Morgan fingerprint density at radius 1 is 1.42 bits per heavy atom. The van der Waals surface area contributed by atoms with Crippen LogP contribution in [0.5, 0.6) is 0 Å². The highest BCUT2D eigenvalue weighted by Crippen LogP contribution is 2.18. The number of halogens is 1. The topological polar surface area (TPSA) is 52.3 Å². The first-order valence-electron chi connectivity index (χ1n) is 3.60. The molecule has 0 heterocycles. The van der Waals surface area contributed by atoms with E-state index in [1.807, 2.05) is 0 Å². The number of allylic oxidation sites excluding steroid dienone is 1. The maximum Gasteiger partial charge on any atom is 0.353 e. The maximum atomic E-state index is 11.1. The van der Waals surface area contributed by atoms with Crippen molar-refractivity contribution in [2.45, 2.75) is 33.2 Å². The van der Waals surface area contributed by atoms with Gasteiger partial charge in [0.15, 0.2) is 0 Å². The van der Waals surface area contributed by atoms with Gasteiger partial charge in [0.05, 0.1) is 5.57 Å². The summed E-state index contributed by atoms with van der Waals surface area (Å²) in [5.41, 5.74) is 6.25. The lowest BCUT2D eigenvalue weighted by molar-refractivity contribution is -0.130. The lowest BCUT2D eigenvalue weighted by atomic mass is 9.92. The van der Waals surface area contributed by atoms with Gasteiger partial charge >= 0.3 is 5.97 Å². The first-order chi connectivity index (χ1) is 5.30. The summed E-state index contributed by atoms with van der Waals surface area (Å²) in [4.78, 5) is 11.1. The molecule has 2 N–H and O–H groups in total. The zero-order valence-corrected chi connectivity index (χ0v) is 8.53. The molecule has 0 radical (unpaired) electrons. The number of rotatable bonds is 2. The van der Waals surface area contributed by atoms with Gasteiger partial charge in [-0.15, -0.1) is 0 Å². The third-order valence-electron chi connectivity index (χ3n) is 1.42. The van der Waals surface area contributed by atoms with E-state index in [1.54, 1.807) is 27.7 Å². The van der Waals surface area contributed by atoms with Gasteiger partial charge in [-0.05, 0) is 27.7 Å². The molecule has 0 saturated carbocycles. The van der Waals surface area contributed by atoms with E-state index in [4.69, 9.17) is 17.6 Å². The number of carbonyl (C=O) groups excluding carboxylic acids is 1. The molecule has 0 unspecified atom stereocenters. The molecule has 0 saturated heterocycles. The lowest BCUT2D eigenvalue weighted by Crippen LogP contribution is -2.38. The largest absolute Gasteiger partial charge is 0.353 e. The molecule has 0 fully saturated rings. The summed E-state index contributed by atoms with van der Waals surface area (Å²) < 4.78 is 4.10. The quantitative estimate of drug-likeness (QED) is 0.677. The molecule has 0 aliphatic heterocycles. The summed E-state index contributed by atoms with van der Waals surface area (Å²) in [5.74, 6) is -0.579. The minimum atomic E-state index is -0.717. The van der Waals surface area contributed by atoms with Crippen molar-refractivity contribution in [2.75, 3.05) is 0 Å². The molecule has 4 heteroatoms. The molecule has 0 aromatic carbocycles. The second-order valence-electron chi connectivity index (χ2n) is 3.46. The fourth-order valence-corrected chi connectivity index (χ4v) is 1.23. The van der Waals surface area contributed by atoms with Gasteiger partial charge in [-0.3, -0.25) is 0 Å². The molecule has 0 aromatic heterocycles. The third-order valence-corrected chi connectivity index (χ3v) is 1.56. The molecule has 3 nitrogen and oxygen atoms in total. The lowest BCUT2D eigenvalue weighted by Gasteiger charge is -2.21. The Balaban J connectivity index is 4.97.